The van der Waals surface area contributed by atoms with Crippen molar-refractivity contribution >= 4 is 5.91 Å². The first kappa shape index (κ1) is 19.4. The smallest absolute Gasteiger partial charge is 0.227 e. The fourth-order valence-corrected chi connectivity index (χ4v) is 4.47. The highest BCUT2D eigenvalue weighted by Gasteiger charge is 2.33. The molecule has 2 aliphatic heterocycles. The van der Waals surface area contributed by atoms with Crippen molar-refractivity contribution in [3.05, 3.63) is 17.7 Å². The third-order valence-electron chi connectivity index (χ3n) is 6.07. The van der Waals surface area contributed by atoms with Gasteiger partial charge < -0.3 is 14.8 Å². The van der Waals surface area contributed by atoms with Crippen LogP contribution in [-0.2, 0) is 11.3 Å². The monoisotopic (exact) mass is 361 g/mol. The highest BCUT2D eigenvalue weighted by molar-refractivity contribution is 5.78. The molecular formula is C20H35N5O. The second-order valence-corrected chi connectivity index (χ2v) is 8.40. The van der Waals surface area contributed by atoms with Crippen LogP contribution in [0.5, 0.6) is 0 Å². The Hall–Kier alpha value is -1.40. The van der Waals surface area contributed by atoms with Crippen LogP contribution in [0.1, 0.15) is 51.0 Å². The lowest BCUT2D eigenvalue weighted by atomic mass is 9.92. The van der Waals surface area contributed by atoms with E-state index in [-0.39, 0.29) is 11.8 Å². The molecule has 1 N–H and O–H groups in total. The summed E-state index contributed by atoms with van der Waals surface area (Å²) in [5.74, 6) is 1.27. The topological polar surface area (TPSA) is 55.5 Å². The Labute approximate surface area is 157 Å². The Morgan fingerprint density at radius 1 is 1.31 bits per heavy atom. The molecule has 1 aromatic heterocycles. The lowest BCUT2D eigenvalue weighted by molar-refractivity contribution is -0.137. The first-order valence-corrected chi connectivity index (χ1v) is 10.2. The number of likely N-dealkylation sites (tertiary alicyclic amines) is 2. The van der Waals surface area contributed by atoms with Crippen molar-refractivity contribution in [2.24, 2.45) is 5.92 Å². The van der Waals surface area contributed by atoms with Gasteiger partial charge >= 0.3 is 0 Å². The molecule has 0 bridgehead atoms. The molecule has 3 heterocycles. The van der Waals surface area contributed by atoms with Crippen LogP contribution in [0.2, 0.25) is 0 Å². The maximum Gasteiger partial charge on any atom is 0.227 e. The summed E-state index contributed by atoms with van der Waals surface area (Å²) in [4.78, 5) is 27.5. The van der Waals surface area contributed by atoms with E-state index in [9.17, 15) is 4.79 Å². The summed E-state index contributed by atoms with van der Waals surface area (Å²) in [6, 6.07) is 1.30. The van der Waals surface area contributed by atoms with Crippen LogP contribution in [0.25, 0.3) is 0 Å². The number of rotatable bonds is 5. The van der Waals surface area contributed by atoms with E-state index in [0.29, 0.717) is 18.6 Å². The minimum absolute atomic E-state index is 0.132. The van der Waals surface area contributed by atoms with Crippen LogP contribution in [0, 0.1) is 12.8 Å². The Morgan fingerprint density at radius 3 is 2.65 bits per heavy atom. The standard InChI is InChI=1S/C20H35N5O/c1-15(2)24-10-7-18(8-11-24)25-9-5-6-17(13-25)20(26)23(4)14-19-21-12-16(3)22-19/h12,15,17-18H,5-11,13-14H2,1-4H3,(H,21,22). The van der Waals surface area contributed by atoms with Crippen LogP contribution in [0.15, 0.2) is 6.20 Å². The van der Waals surface area contributed by atoms with E-state index >= 15 is 0 Å². The van der Waals surface area contributed by atoms with Crippen LogP contribution >= 0.6 is 0 Å². The number of aryl methyl sites for hydroxylation is 1. The van der Waals surface area contributed by atoms with E-state index in [2.05, 4.69) is 33.6 Å². The number of imidazole rings is 1. The summed E-state index contributed by atoms with van der Waals surface area (Å²) in [6.07, 6.45) is 6.44. The SMILES string of the molecule is Cc1cnc(CN(C)C(=O)C2CCCN(C3CCN(C(C)C)CC3)C2)[nH]1. The molecule has 2 fully saturated rings. The lowest BCUT2D eigenvalue weighted by Gasteiger charge is -2.43. The second-order valence-electron chi connectivity index (χ2n) is 8.40. The quantitative estimate of drug-likeness (QED) is 0.874. The van der Waals surface area contributed by atoms with Gasteiger partial charge in [-0.2, -0.15) is 0 Å². The Bertz CT molecular complexity index is 591. The Balaban J connectivity index is 1.52. The third-order valence-corrected chi connectivity index (χ3v) is 6.07. The third kappa shape index (κ3) is 4.65. The van der Waals surface area contributed by atoms with Gasteiger partial charge in [0.05, 0.1) is 12.5 Å². The first-order valence-electron chi connectivity index (χ1n) is 10.2. The van der Waals surface area contributed by atoms with Gasteiger partial charge in [0.2, 0.25) is 5.91 Å². The van der Waals surface area contributed by atoms with Crippen LogP contribution in [0.4, 0.5) is 0 Å². The molecule has 1 atom stereocenters. The molecule has 26 heavy (non-hydrogen) atoms. The lowest BCUT2D eigenvalue weighted by Crippen LogP contribution is -2.51. The number of nitrogens with zero attached hydrogens (tertiary/aromatic N) is 4. The normalized spacial score (nSPS) is 23.5. The van der Waals surface area contributed by atoms with E-state index in [4.69, 9.17) is 0 Å². The number of piperidine rings is 2. The van der Waals surface area contributed by atoms with E-state index in [1.165, 1.54) is 25.9 Å². The van der Waals surface area contributed by atoms with Crippen molar-refractivity contribution in [3.8, 4) is 0 Å². The number of aromatic nitrogens is 2. The van der Waals surface area contributed by atoms with Crippen LogP contribution in [0.3, 0.4) is 0 Å². The minimum atomic E-state index is 0.132. The van der Waals surface area contributed by atoms with Gasteiger partial charge in [0.25, 0.3) is 0 Å². The summed E-state index contributed by atoms with van der Waals surface area (Å²) < 4.78 is 0. The molecule has 6 heteroatoms. The summed E-state index contributed by atoms with van der Waals surface area (Å²) >= 11 is 0. The summed E-state index contributed by atoms with van der Waals surface area (Å²) in [6.45, 7) is 11.6. The number of H-pyrrole nitrogens is 1. The van der Waals surface area contributed by atoms with Gasteiger partial charge in [-0.1, -0.05) is 0 Å². The van der Waals surface area contributed by atoms with Crippen LogP contribution < -0.4 is 0 Å². The molecule has 0 radical (unpaired) electrons. The van der Waals surface area contributed by atoms with E-state index in [1.54, 1.807) is 0 Å². The molecular weight excluding hydrogens is 326 g/mol. The Kier molecular flexibility index (Phi) is 6.35. The molecule has 146 valence electrons. The zero-order chi connectivity index (χ0) is 18.7. The van der Waals surface area contributed by atoms with Gasteiger partial charge in [-0.05, 0) is 66.1 Å². The first-order chi connectivity index (χ1) is 12.4. The number of amides is 1. The van der Waals surface area contributed by atoms with E-state index in [1.807, 2.05) is 25.1 Å². The fourth-order valence-electron chi connectivity index (χ4n) is 4.47. The summed E-state index contributed by atoms with van der Waals surface area (Å²) in [5, 5.41) is 0. The molecule has 1 aromatic rings. The maximum absolute atomic E-state index is 12.9. The average molecular weight is 362 g/mol. The fraction of sp³-hybridized carbons (Fsp3) is 0.800. The van der Waals surface area contributed by atoms with Crippen molar-refractivity contribution in [2.75, 3.05) is 33.2 Å². The average Bonchev–Trinajstić information content (AvgIpc) is 3.06. The number of nitrogens with one attached hydrogen (secondary N) is 1. The molecule has 0 spiro atoms. The predicted molar refractivity (Wildman–Crippen MR) is 104 cm³/mol. The van der Waals surface area contributed by atoms with Gasteiger partial charge in [-0.25, -0.2) is 4.98 Å². The number of hydrogen-bond donors (Lipinski definition) is 1. The van der Waals surface area contributed by atoms with Crippen molar-refractivity contribution in [2.45, 2.75) is 65.1 Å². The van der Waals surface area contributed by atoms with E-state index in [0.717, 1.165) is 37.4 Å². The molecule has 0 aromatic carbocycles. The van der Waals surface area contributed by atoms with E-state index < -0.39 is 0 Å². The zero-order valence-electron chi connectivity index (χ0n) is 16.9. The Morgan fingerprint density at radius 2 is 2.04 bits per heavy atom. The number of carbonyl (C=O) groups is 1. The minimum Gasteiger partial charge on any atom is -0.345 e. The molecule has 2 aliphatic rings. The largest absolute Gasteiger partial charge is 0.345 e. The van der Waals surface area contributed by atoms with Gasteiger partial charge in [-0.3, -0.25) is 9.69 Å². The molecule has 1 unspecified atom stereocenters. The number of carbonyl (C=O) groups excluding carboxylic acids is 1. The predicted octanol–water partition coefficient (Wildman–Crippen LogP) is 2.26. The van der Waals surface area contributed by atoms with Gasteiger partial charge in [-0.15, -0.1) is 0 Å². The highest BCUT2D eigenvalue weighted by atomic mass is 16.2. The maximum atomic E-state index is 12.9. The summed E-state index contributed by atoms with van der Waals surface area (Å²) in [5.41, 5.74) is 1.04. The molecule has 6 nitrogen and oxygen atoms in total. The van der Waals surface area contributed by atoms with Gasteiger partial charge in [0.1, 0.15) is 5.82 Å². The molecule has 2 saturated heterocycles. The van der Waals surface area contributed by atoms with Crippen molar-refractivity contribution in [3.63, 3.8) is 0 Å². The van der Waals surface area contributed by atoms with Gasteiger partial charge in [0.15, 0.2) is 0 Å². The molecule has 0 saturated carbocycles. The number of hydrogen-bond acceptors (Lipinski definition) is 4. The van der Waals surface area contributed by atoms with Crippen molar-refractivity contribution < 1.29 is 4.79 Å². The van der Waals surface area contributed by atoms with Crippen molar-refractivity contribution in [1.29, 1.82) is 0 Å². The highest BCUT2D eigenvalue weighted by Crippen LogP contribution is 2.25. The molecule has 0 aliphatic carbocycles. The molecule has 3 rings (SSSR count). The van der Waals surface area contributed by atoms with Crippen molar-refractivity contribution in [1.82, 2.24) is 24.7 Å². The zero-order valence-corrected chi connectivity index (χ0v) is 16.9. The van der Waals surface area contributed by atoms with Crippen LogP contribution in [-0.4, -0.2) is 75.9 Å². The second kappa shape index (κ2) is 8.53. The summed E-state index contributed by atoms with van der Waals surface area (Å²) in [7, 11) is 1.90. The number of aromatic amines is 1. The van der Waals surface area contributed by atoms with Gasteiger partial charge in [0, 0.05) is 37.6 Å². The molecule has 1 amide bonds.